The Bertz CT molecular complexity index is 297. The van der Waals surface area contributed by atoms with Crippen molar-refractivity contribution in [3.63, 3.8) is 0 Å². The van der Waals surface area contributed by atoms with Crippen LogP contribution in [0.25, 0.3) is 0 Å². The van der Waals surface area contributed by atoms with E-state index in [0.29, 0.717) is 5.92 Å². The maximum Gasteiger partial charge on any atom is 0.122 e. The predicted octanol–water partition coefficient (Wildman–Crippen LogP) is 2.58. The molecule has 0 unspecified atom stereocenters. The minimum absolute atomic E-state index is 0. The van der Waals surface area contributed by atoms with E-state index in [0.717, 1.165) is 18.8 Å². The van der Waals surface area contributed by atoms with Gasteiger partial charge in [-0.1, -0.05) is 18.2 Å². The molecular weight excluding hydrogens is 210 g/mol. The van der Waals surface area contributed by atoms with Crippen molar-refractivity contribution >= 4 is 12.4 Å². The molecule has 0 amide bonds. The average molecular weight is 228 g/mol. The van der Waals surface area contributed by atoms with Crippen LogP contribution < -0.4 is 10.1 Å². The summed E-state index contributed by atoms with van der Waals surface area (Å²) in [5.41, 5.74) is 1.35. The fraction of sp³-hybridized carbons (Fsp3) is 0.500. The standard InChI is InChI=1S/C12H17NO.ClH/c1-14-12-7-3-2-6-11(12)10-5-4-8-13-9-10;/h2-3,6-7,10,13H,4-5,8-9H2,1H3;1H/t10-;/m0./s1. The molecule has 3 heteroatoms. The zero-order chi connectivity index (χ0) is 9.80. The van der Waals surface area contributed by atoms with Crippen molar-refractivity contribution < 1.29 is 4.74 Å². The molecule has 1 aliphatic rings. The summed E-state index contributed by atoms with van der Waals surface area (Å²) in [5, 5.41) is 3.43. The highest BCUT2D eigenvalue weighted by molar-refractivity contribution is 5.85. The van der Waals surface area contributed by atoms with Gasteiger partial charge in [-0.25, -0.2) is 0 Å². The van der Waals surface area contributed by atoms with Crippen molar-refractivity contribution in [2.24, 2.45) is 0 Å². The number of halogens is 1. The van der Waals surface area contributed by atoms with Gasteiger partial charge in [0.15, 0.2) is 0 Å². The molecule has 84 valence electrons. The van der Waals surface area contributed by atoms with Crippen LogP contribution in [0.15, 0.2) is 24.3 Å². The molecule has 1 atom stereocenters. The third kappa shape index (κ3) is 2.86. The smallest absolute Gasteiger partial charge is 0.122 e. The van der Waals surface area contributed by atoms with Crippen molar-refractivity contribution in [1.29, 1.82) is 0 Å². The highest BCUT2D eigenvalue weighted by Crippen LogP contribution is 2.30. The fourth-order valence-corrected chi connectivity index (χ4v) is 2.12. The Hall–Kier alpha value is -0.730. The first-order valence-electron chi connectivity index (χ1n) is 5.25. The Balaban J connectivity index is 0.00000112. The second-order valence-electron chi connectivity index (χ2n) is 3.79. The number of nitrogens with one attached hydrogen (secondary N) is 1. The molecule has 0 aromatic heterocycles. The monoisotopic (exact) mass is 227 g/mol. The van der Waals surface area contributed by atoms with Gasteiger partial charge in [-0.05, 0) is 31.0 Å². The zero-order valence-electron chi connectivity index (χ0n) is 9.03. The van der Waals surface area contributed by atoms with Crippen LogP contribution >= 0.6 is 12.4 Å². The van der Waals surface area contributed by atoms with Crippen LogP contribution in [0.4, 0.5) is 0 Å². The SMILES string of the molecule is COc1ccccc1[C@H]1CCCNC1.Cl. The van der Waals surface area contributed by atoms with E-state index in [4.69, 9.17) is 4.74 Å². The number of methoxy groups -OCH3 is 1. The highest BCUT2D eigenvalue weighted by atomic mass is 35.5. The third-order valence-electron chi connectivity index (χ3n) is 2.88. The number of hydrogen-bond acceptors (Lipinski definition) is 2. The maximum atomic E-state index is 5.37. The quantitative estimate of drug-likeness (QED) is 0.839. The topological polar surface area (TPSA) is 21.3 Å². The van der Waals surface area contributed by atoms with E-state index in [1.807, 2.05) is 12.1 Å². The van der Waals surface area contributed by atoms with Crippen LogP contribution in [0.2, 0.25) is 0 Å². The van der Waals surface area contributed by atoms with Crippen molar-refractivity contribution in [2.75, 3.05) is 20.2 Å². The predicted molar refractivity (Wildman–Crippen MR) is 65.1 cm³/mol. The second kappa shape index (κ2) is 5.99. The largest absolute Gasteiger partial charge is 0.496 e. The van der Waals surface area contributed by atoms with E-state index < -0.39 is 0 Å². The molecule has 0 aliphatic carbocycles. The van der Waals surface area contributed by atoms with E-state index in [1.54, 1.807) is 7.11 Å². The number of piperidine rings is 1. The van der Waals surface area contributed by atoms with Crippen LogP contribution in [-0.2, 0) is 0 Å². The number of ether oxygens (including phenoxy) is 1. The Kier molecular flexibility index (Phi) is 4.92. The Morgan fingerprint density at radius 3 is 2.80 bits per heavy atom. The minimum atomic E-state index is 0. The van der Waals surface area contributed by atoms with E-state index in [-0.39, 0.29) is 12.4 Å². The molecule has 1 N–H and O–H groups in total. The van der Waals surface area contributed by atoms with Crippen molar-refractivity contribution in [3.8, 4) is 5.75 Å². The Morgan fingerprint density at radius 2 is 2.13 bits per heavy atom. The lowest BCUT2D eigenvalue weighted by atomic mass is 9.91. The lowest BCUT2D eigenvalue weighted by Gasteiger charge is -2.24. The molecular formula is C12H18ClNO. The molecule has 1 aliphatic heterocycles. The summed E-state index contributed by atoms with van der Waals surface area (Å²) in [6.45, 7) is 2.24. The van der Waals surface area contributed by atoms with Crippen molar-refractivity contribution in [3.05, 3.63) is 29.8 Å². The molecule has 2 rings (SSSR count). The van der Waals surface area contributed by atoms with Gasteiger partial charge in [0.05, 0.1) is 7.11 Å². The first-order chi connectivity index (χ1) is 6.92. The molecule has 1 aromatic rings. The summed E-state index contributed by atoms with van der Waals surface area (Å²) in [6, 6.07) is 8.34. The van der Waals surface area contributed by atoms with Crippen LogP contribution in [0.3, 0.4) is 0 Å². The molecule has 0 bridgehead atoms. The summed E-state index contributed by atoms with van der Waals surface area (Å²) < 4.78 is 5.37. The normalized spacial score (nSPS) is 20.5. The summed E-state index contributed by atoms with van der Waals surface area (Å²) in [7, 11) is 1.75. The molecule has 2 nitrogen and oxygen atoms in total. The van der Waals surface area contributed by atoms with Crippen LogP contribution in [0, 0.1) is 0 Å². The number of rotatable bonds is 2. The first-order valence-corrected chi connectivity index (χ1v) is 5.25. The molecule has 0 spiro atoms. The molecule has 1 saturated heterocycles. The van der Waals surface area contributed by atoms with Gasteiger partial charge in [-0.3, -0.25) is 0 Å². The second-order valence-corrected chi connectivity index (χ2v) is 3.79. The summed E-state index contributed by atoms with van der Waals surface area (Å²) in [6.07, 6.45) is 2.54. The maximum absolute atomic E-state index is 5.37. The molecule has 0 radical (unpaired) electrons. The Labute approximate surface area is 97.4 Å². The van der Waals surface area contributed by atoms with Gasteiger partial charge in [-0.15, -0.1) is 12.4 Å². The minimum Gasteiger partial charge on any atom is -0.496 e. The lowest BCUT2D eigenvalue weighted by Crippen LogP contribution is -2.28. The van der Waals surface area contributed by atoms with Crippen molar-refractivity contribution in [2.45, 2.75) is 18.8 Å². The van der Waals surface area contributed by atoms with Gasteiger partial charge < -0.3 is 10.1 Å². The molecule has 1 fully saturated rings. The number of hydrogen-bond donors (Lipinski definition) is 1. The van der Waals surface area contributed by atoms with Crippen molar-refractivity contribution in [1.82, 2.24) is 5.32 Å². The van der Waals surface area contributed by atoms with E-state index >= 15 is 0 Å². The van der Waals surface area contributed by atoms with Crippen LogP contribution in [-0.4, -0.2) is 20.2 Å². The van der Waals surface area contributed by atoms with Crippen LogP contribution in [0.1, 0.15) is 24.3 Å². The molecule has 1 aromatic carbocycles. The van der Waals surface area contributed by atoms with Gasteiger partial charge in [0.1, 0.15) is 5.75 Å². The zero-order valence-corrected chi connectivity index (χ0v) is 9.85. The molecule has 1 heterocycles. The lowest BCUT2D eigenvalue weighted by molar-refractivity contribution is 0.392. The van der Waals surface area contributed by atoms with E-state index in [2.05, 4.69) is 17.4 Å². The summed E-state index contributed by atoms with van der Waals surface area (Å²) >= 11 is 0. The highest BCUT2D eigenvalue weighted by Gasteiger charge is 2.17. The first kappa shape index (κ1) is 12.3. The van der Waals surface area contributed by atoms with Crippen LogP contribution in [0.5, 0.6) is 5.75 Å². The Morgan fingerprint density at radius 1 is 1.33 bits per heavy atom. The third-order valence-corrected chi connectivity index (χ3v) is 2.88. The number of para-hydroxylation sites is 1. The molecule has 0 saturated carbocycles. The van der Waals surface area contributed by atoms with E-state index in [1.165, 1.54) is 18.4 Å². The molecule has 15 heavy (non-hydrogen) atoms. The van der Waals surface area contributed by atoms with E-state index in [9.17, 15) is 0 Å². The van der Waals surface area contributed by atoms with Gasteiger partial charge in [0.2, 0.25) is 0 Å². The van der Waals surface area contributed by atoms with Gasteiger partial charge in [-0.2, -0.15) is 0 Å². The fourth-order valence-electron chi connectivity index (χ4n) is 2.12. The summed E-state index contributed by atoms with van der Waals surface area (Å²) in [5.74, 6) is 1.65. The van der Waals surface area contributed by atoms with Gasteiger partial charge in [0, 0.05) is 12.5 Å². The average Bonchev–Trinajstić information content (AvgIpc) is 2.30. The van der Waals surface area contributed by atoms with Gasteiger partial charge >= 0.3 is 0 Å². The number of benzene rings is 1. The van der Waals surface area contributed by atoms with Gasteiger partial charge in [0.25, 0.3) is 0 Å². The summed E-state index contributed by atoms with van der Waals surface area (Å²) in [4.78, 5) is 0.